The molecule has 0 spiro atoms. The van der Waals surface area contributed by atoms with Crippen molar-refractivity contribution in [3.63, 3.8) is 0 Å². The van der Waals surface area contributed by atoms with E-state index < -0.39 is 77.0 Å². The molecule has 0 aliphatic rings. The van der Waals surface area contributed by atoms with E-state index in [0.717, 1.165) is 12.2 Å². The van der Waals surface area contributed by atoms with E-state index in [1.165, 1.54) is 0 Å². The van der Waals surface area contributed by atoms with Crippen molar-refractivity contribution in [1.29, 1.82) is 0 Å². The highest BCUT2D eigenvalue weighted by Gasteiger charge is 2.66. The SMILES string of the molecule is C=C(C)C(=O)OC(OCCC(F)(F)S(=O)(=O)O)(C(=O)NCCC(F)(F)F)C(F)(F)F. The highest BCUT2D eigenvalue weighted by atomic mass is 32.2. The first-order valence-corrected chi connectivity index (χ1v) is 8.90. The van der Waals surface area contributed by atoms with Gasteiger partial charge in [-0.05, 0) is 6.92 Å². The fourth-order valence-corrected chi connectivity index (χ4v) is 1.85. The van der Waals surface area contributed by atoms with Crippen molar-refractivity contribution in [1.82, 2.24) is 5.32 Å². The van der Waals surface area contributed by atoms with Crippen molar-refractivity contribution in [2.45, 2.75) is 43.2 Å². The van der Waals surface area contributed by atoms with Crippen LogP contribution in [0.15, 0.2) is 12.2 Å². The Hall–Kier alpha value is -2.01. The molecule has 0 saturated carbocycles. The molecule has 0 fully saturated rings. The summed E-state index contributed by atoms with van der Waals surface area (Å²) in [5.74, 6) is -9.16. The summed E-state index contributed by atoms with van der Waals surface area (Å²) in [7, 11) is -6.08. The smallest absolute Gasteiger partial charge is 0.412 e. The molecule has 1 atom stereocenters. The average Bonchev–Trinajstić information content (AvgIpc) is 2.49. The van der Waals surface area contributed by atoms with Crippen molar-refractivity contribution >= 4 is 22.0 Å². The van der Waals surface area contributed by atoms with Crippen LogP contribution in [0.4, 0.5) is 35.1 Å². The van der Waals surface area contributed by atoms with E-state index in [9.17, 15) is 53.1 Å². The minimum atomic E-state index is -6.08. The number of halogens is 8. The molecule has 17 heteroatoms. The van der Waals surface area contributed by atoms with E-state index in [1.54, 1.807) is 0 Å². The maximum atomic E-state index is 13.5. The number of amides is 1. The minimum Gasteiger partial charge on any atom is -0.412 e. The Morgan fingerprint density at radius 3 is 1.90 bits per heavy atom. The van der Waals surface area contributed by atoms with Gasteiger partial charge < -0.3 is 14.8 Å². The molecule has 0 aromatic rings. The Labute approximate surface area is 163 Å². The second-order valence-electron chi connectivity index (χ2n) is 5.62. The zero-order chi connectivity index (χ0) is 24.2. The van der Waals surface area contributed by atoms with Gasteiger partial charge in [0, 0.05) is 12.1 Å². The fourth-order valence-electron chi connectivity index (χ4n) is 1.50. The fraction of sp³-hybridized carbons (Fsp3) is 0.692. The Kier molecular flexibility index (Phi) is 8.79. The number of alkyl halides is 8. The lowest BCUT2D eigenvalue weighted by molar-refractivity contribution is -0.348. The van der Waals surface area contributed by atoms with E-state index >= 15 is 0 Å². The lowest BCUT2D eigenvalue weighted by atomic mass is 10.2. The molecule has 0 aliphatic carbocycles. The predicted octanol–water partition coefficient (Wildman–Crippen LogP) is 2.32. The number of carbonyl (C=O) groups is 2. The molecule has 2 N–H and O–H groups in total. The average molecular weight is 481 g/mol. The van der Waals surface area contributed by atoms with Gasteiger partial charge in [0.15, 0.2) is 0 Å². The van der Waals surface area contributed by atoms with Gasteiger partial charge in [0.05, 0.1) is 19.4 Å². The summed E-state index contributed by atoms with van der Waals surface area (Å²) in [4.78, 5) is 23.4. The number of ether oxygens (including phenoxy) is 2. The molecule has 1 amide bonds. The third kappa shape index (κ3) is 7.67. The van der Waals surface area contributed by atoms with E-state index in [-0.39, 0.29) is 0 Å². The standard InChI is InChI=1S/C13H15F8NO7S/c1-7(2)8(23)29-12(13(19,20)21,9(24)22-5-3-10(14,15)16)28-6-4-11(17,18)30(25,26)27/h1,3-6H2,2H3,(H,22,24)(H,25,26,27). The number of hydrogen-bond donors (Lipinski definition) is 2. The maximum absolute atomic E-state index is 13.5. The Balaban J connectivity index is 5.87. The lowest BCUT2D eigenvalue weighted by Crippen LogP contribution is -2.62. The first-order chi connectivity index (χ1) is 13.2. The monoisotopic (exact) mass is 481 g/mol. The van der Waals surface area contributed by atoms with Crippen LogP contribution in [0.3, 0.4) is 0 Å². The van der Waals surface area contributed by atoms with Crippen LogP contribution in [0, 0.1) is 0 Å². The first-order valence-electron chi connectivity index (χ1n) is 7.46. The molecule has 0 heterocycles. The number of rotatable bonds is 10. The highest BCUT2D eigenvalue weighted by molar-refractivity contribution is 7.86. The highest BCUT2D eigenvalue weighted by Crippen LogP contribution is 2.37. The normalized spacial score (nSPS) is 15.3. The molecule has 0 aromatic heterocycles. The van der Waals surface area contributed by atoms with Crippen LogP contribution in [0.1, 0.15) is 19.8 Å². The van der Waals surface area contributed by atoms with Gasteiger partial charge in [-0.1, -0.05) is 6.58 Å². The van der Waals surface area contributed by atoms with Gasteiger partial charge in [0.25, 0.3) is 0 Å². The van der Waals surface area contributed by atoms with Gasteiger partial charge in [-0.2, -0.15) is 43.5 Å². The summed E-state index contributed by atoms with van der Waals surface area (Å²) in [6.45, 7) is 0.356. The third-order valence-corrected chi connectivity index (χ3v) is 3.99. The van der Waals surface area contributed by atoms with E-state index in [2.05, 4.69) is 16.1 Å². The van der Waals surface area contributed by atoms with Crippen molar-refractivity contribution < 1.29 is 67.2 Å². The molecule has 8 nitrogen and oxygen atoms in total. The summed E-state index contributed by atoms with van der Waals surface area (Å²) in [6.07, 6.45) is -14.9. The van der Waals surface area contributed by atoms with Crippen LogP contribution in [0.2, 0.25) is 0 Å². The first kappa shape index (κ1) is 28.0. The van der Waals surface area contributed by atoms with E-state index in [4.69, 9.17) is 4.55 Å². The zero-order valence-electron chi connectivity index (χ0n) is 14.9. The Morgan fingerprint density at radius 1 is 1.03 bits per heavy atom. The van der Waals surface area contributed by atoms with Crippen LogP contribution in [-0.2, 0) is 29.2 Å². The third-order valence-electron chi connectivity index (χ3n) is 3.03. The number of hydrogen-bond acceptors (Lipinski definition) is 6. The molecule has 0 bridgehead atoms. The van der Waals surface area contributed by atoms with E-state index in [1.807, 2.05) is 0 Å². The van der Waals surface area contributed by atoms with Gasteiger partial charge in [0.2, 0.25) is 0 Å². The molecule has 0 aromatic carbocycles. The molecule has 0 rings (SSSR count). The van der Waals surface area contributed by atoms with Crippen molar-refractivity contribution in [3.05, 3.63) is 12.2 Å². The predicted molar refractivity (Wildman–Crippen MR) is 80.4 cm³/mol. The summed E-state index contributed by atoms with van der Waals surface area (Å²) >= 11 is 0. The quantitative estimate of drug-likeness (QED) is 0.162. The van der Waals surface area contributed by atoms with Gasteiger partial charge >= 0.3 is 45.4 Å². The van der Waals surface area contributed by atoms with Crippen LogP contribution in [0.25, 0.3) is 0 Å². The Bertz CT molecular complexity index is 762. The van der Waals surface area contributed by atoms with Crippen molar-refractivity contribution in [3.8, 4) is 0 Å². The molecule has 0 radical (unpaired) electrons. The molecule has 176 valence electrons. The molecule has 0 saturated heterocycles. The number of esters is 1. The molecular weight excluding hydrogens is 466 g/mol. The summed E-state index contributed by atoms with van der Waals surface area (Å²) < 4.78 is 140. The van der Waals surface area contributed by atoms with Gasteiger partial charge in [-0.3, -0.25) is 9.35 Å². The summed E-state index contributed by atoms with van der Waals surface area (Å²) in [5, 5.41) is -3.88. The second kappa shape index (κ2) is 9.42. The largest absolute Gasteiger partial charge is 0.466 e. The van der Waals surface area contributed by atoms with Crippen LogP contribution >= 0.6 is 0 Å². The summed E-state index contributed by atoms with van der Waals surface area (Å²) in [5.41, 5.74) is -0.737. The van der Waals surface area contributed by atoms with Crippen LogP contribution in [0.5, 0.6) is 0 Å². The van der Waals surface area contributed by atoms with Crippen molar-refractivity contribution in [2.24, 2.45) is 0 Å². The zero-order valence-corrected chi connectivity index (χ0v) is 15.7. The lowest BCUT2D eigenvalue weighted by Gasteiger charge is -2.33. The van der Waals surface area contributed by atoms with Gasteiger partial charge in [0.1, 0.15) is 0 Å². The second-order valence-corrected chi connectivity index (χ2v) is 7.16. The molecule has 30 heavy (non-hydrogen) atoms. The van der Waals surface area contributed by atoms with Crippen molar-refractivity contribution in [2.75, 3.05) is 13.2 Å². The number of nitrogens with one attached hydrogen (secondary N) is 1. The van der Waals surface area contributed by atoms with Gasteiger partial charge in [-0.25, -0.2) is 4.79 Å². The minimum absolute atomic E-state index is 0.737. The number of carbonyl (C=O) groups excluding carboxylic acids is 2. The molecular formula is C13H15F8NO7S. The van der Waals surface area contributed by atoms with E-state index in [0.29, 0.717) is 0 Å². The topological polar surface area (TPSA) is 119 Å². The maximum Gasteiger partial charge on any atom is 0.466 e. The summed E-state index contributed by atoms with van der Waals surface area (Å²) in [6, 6.07) is 0. The van der Waals surface area contributed by atoms with Gasteiger partial charge in [-0.15, -0.1) is 0 Å². The molecule has 1 unspecified atom stereocenters. The Morgan fingerprint density at radius 2 is 1.53 bits per heavy atom. The molecule has 0 aliphatic heterocycles. The van der Waals surface area contributed by atoms with Crippen LogP contribution in [-0.4, -0.2) is 61.4 Å². The van der Waals surface area contributed by atoms with Crippen LogP contribution < -0.4 is 5.32 Å².